The number of carbonyl (C=O) groups is 1. The monoisotopic (exact) mass is 347 g/mol. The third kappa shape index (κ3) is 3.07. The smallest absolute Gasteiger partial charge is 0.245 e. The molecule has 0 bridgehead atoms. The van der Waals surface area contributed by atoms with Gasteiger partial charge in [0.05, 0.1) is 5.69 Å². The van der Waals surface area contributed by atoms with Gasteiger partial charge in [-0.2, -0.15) is 4.31 Å². The fourth-order valence-corrected chi connectivity index (χ4v) is 3.80. The van der Waals surface area contributed by atoms with Gasteiger partial charge in [0, 0.05) is 30.5 Å². The molecule has 3 N–H and O–H groups in total. The van der Waals surface area contributed by atoms with E-state index >= 15 is 0 Å². The van der Waals surface area contributed by atoms with Crippen LogP contribution >= 0.6 is 15.9 Å². The van der Waals surface area contributed by atoms with Crippen molar-refractivity contribution in [2.75, 3.05) is 25.4 Å². The number of anilines is 1. The van der Waals surface area contributed by atoms with Crippen LogP contribution in [0.25, 0.3) is 0 Å². The second-order valence-electron chi connectivity index (χ2n) is 4.19. The topological polar surface area (TPSA) is 92.5 Å². The molecule has 0 aliphatic carbocycles. The first kappa shape index (κ1) is 14.3. The number of sulfonamides is 1. The predicted octanol–water partition coefficient (Wildman–Crippen LogP) is 0.542. The second-order valence-corrected chi connectivity index (χ2v) is 7.01. The molecule has 19 heavy (non-hydrogen) atoms. The number of carbonyl (C=O) groups excluding carboxylic acids is 1. The molecule has 8 heteroatoms. The van der Waals surface area contributed by atoms with Crippen LogP contribution in [0.1, 0.15) is 6.42 Å². The van der Waals surface area contributed by atoms with Gasteiger partial charge < -0.3 is 11.1 Å². The molecule has 1 aromatic rings. The molecule has 1 heterocycles. The molecule has 0 saturated carbocycles. The van der Waals surface area contributed by atoms with Crippen LogP contribution in [0.3, 0.4) is 0 Å². The van der Waals surface area contributed by atoms with Gasteiger partial charge in [0.2, 0.25) is 15.9 Å². The zero-order valence-corrected chi connectivity index (χ0v) is 12.5. The number of nitrogen functional groups attached to an aromatic ring is 1. The molecule has 1 amide bonds. The third-order valence-corrected chi connectivity index (χ3v) is 5.33. The van der Waals surface area contributed by atoms with Gasteiger partial charge in [-0.3, -0.25) is 4.79 Å². The van der Waals surface area contributed by atoms with E-state index in [9.17, 15) is 13.2 Å². The van der Waals surface area contributed by atoms with Crippen LogP contribution in [0.4, 0.5) is 5.69 Å². The van der Waals surface area contributed by atoms with Crippen LogP contribution in [0.5, 0.6) is 0 Å². The summed E-state index contributed by atoms with van der Waals surface area (Å²) in [7, 11) is -3.66. The fraction of sp³-hybridized carbons (Fsp3) is 0.364. The van der Waals surface area contributed by atoms with E-state index < -0.39 is 10.0 Å². The van der Waals surface area contributed by atoms with E-state index in [0.717, 1.165) is 4.47 Å². The zero-order chi connectivity index (χ0) is 14.0. The van der Waals surface area contributed by atoms with Crippen molar-refractivity contribution in [3.8, 4) is 0 Å². The Bertz CT molecular complexity index is 603. The molecule has 1 saturated heterocycles. The summed E-state index contributed by atoms with van der Waals surface area (Å²) >= 11 is 3.24. The van der Waals surface area contributed by atoms with Crippen molar-refractivity contribution in [2.45, 2.75) is 11.3 Å². The molecule has 0 atom stereocenters. The number of nitrogens with two attached hydrogens (primary N) is 1. The summed E-state index contributed by atoms with van der Waals surface area (Å²) in [6.07, 6.45) is 0.162. The zero-order valence-electron chi connectivity index (χ0n) is 10.1. The lowest BCUT2D eigenvalue weighted by atomic mass is 10.3. The average Bonchev–Trinajstić information content (AvgIpc) is 2.53. The largest absolute Gasteiger partial charge is 0.398 e. The van der Waals surface area contributed by atoms with Crippen molar-refractivity contribution in [2.24, 2.45) is 0 Å². The lowest BCUT2D eigenvalue weighted by molar-refractivity contribution is -0.120. The number of hydrogen-bond donors (Lipinski definition) is 2. The Labute approximate surface area is 120 Å². The summed E-state index contributed by atoms with van der Waals surface area (Å²) in [5.41, 5.74) is 5.95. The number of amides is 1. The number of halogens is 1. The van der Waals surface area contributed by atoms with Crippen LogP contribution in [0.15, 0.2) is 27.6 Å². The lowest BCUT2D eigenvalue weighted by Crippen LogP contribution is -2.34. The summed E-state index contributed by atoms with van der Waals surface area (Å²) in [6.45, 7) is 0.738. The van der Waals surface area contributed by atoms with Gasteiger partial charge in [-0.05, 0) is 18.2 Å². The Hall–Kier alpha value is -1.12. The van der Waals surface area contributed by atoms with Gasteiger partial charge in [-0.15, -0.1) is 0 Å². The minimum atomic E-state index is -3.66. The van der Waals surface area contributed by atoms with Crippen molar-refractivity contribution in [1.82, 2.24) is 9.62 Å². The van der Waals surface area contributed by atoms with Crippen molar-refractivity contribution in [3.05, 3.63) is 22.7 Å². The minimum Gasteiger partial charge on any atom is -0.398 e. The molecule has 104 valence electrons. The van der Waals surface area contributed by atoms with E-state index in [-0.39, 0.29) is 36.0 Å². The van der Waals surface area contributed by atoms with E-state index in [1.54, 1.807) is 12.1 Å². The molecule has 2 rings (SSSR count). The van der Waals surface area contributed by atoms with Crippen LogP contribution in [-0.4, -0.2) is 38.3 Å². The van der Waals surface area contributed by atoms with E-state index in [0.29, 0.717) is 6.54 Å². The molecular formula is C11H14BrN3O3S. The van der Waals surface area contributed by atoms with Gasteiger partial charge in [0.15, 0.2) is 0 Å². The second kappa shape index (κ2) is 5.48. The molecular weight excluding hydrogens is 334 g/mol. The summed E-state index contributed by atoms with van der Waals surface area (Å²) in [5, 5.41) is 2.64. The number of hydrogen-bond acceptors (Lipinski definition) is 4. The average molecular weight is 348 g/mol. The van der Waals surface area contributed by atoms with E-state index in [1.807, 2.05) is 0 Å². The van der Waals surface area contributed by atoms with Gasteiger partial charge >= 0.3 is 0 Å². The highest BCUT2D eigenvalue weighted by Crippen LogP contribution is 2.25. The molecule has 1 aliphatic heterocycles. The fourth-order valence-electron chi connectivity index (χ4n) is 1.88. The summed E-state index contributed by atoms with van der Waals surface area (Å²) in [4.78, 5) is 11.3. The first-order valence-electron chi connectivity index (χ1n) is 5.73. The highest BCUT2D eigenvalue weighted by molar-refractivity contribution is 9.10. The third-order valence-electron chi connectivity index (χ3n) is 2.86. The Morgan fingerprint density at radius 1 is 1.32 bits per heavy atom. The van der Waals surface area contributed by atoms with Crippen LogP contribution in [0.2, 0.25) is 0 Å². The minimum absolute atomic E-state index is 0.0741. The number of rotatable bonds is 2. The Kier molecular flexibility index (Phi) is 4.12. The Morgan fingerprint density at radius 3 is 2.74 bits per heavy atom. The summed E-state index contributed by atoms with van der Waals surface area (Å²) in [5.74, 6) is -0.138. The van der Waals surface area contributed by atoms with E-state index in [1.165, 1.54) is 10.4 Å². The number of nitrogens with one attached hydrogen (secondary N) is 1. The van der Waals surface area contributed by atoms with Crippen molar-refractivity contribution < 1.29 is 13.2 Å². The molecule has 1 aromatic carbocycles. The predicted molar refractivity (Wildman–Crippen MR) is 74.9 cm³/mol. The molecule has 1 aliphatic rings. The van der Waals surface area contributed by atoms with Crippen molar-refractivity contribution >= 4 is 37.5 Å². The maximum absolute atomic E-state index is 12.5. The van der Waals surface area contributed by atoms with Gasteiger partial charge in [0.1, 0.15) is 4.90 Å². The first-order valence-corrected chi connectivity index (χ1v) is 7.96. The SMILES string of the molecule is Nc1cc(Br)ccc1S(=O)(=O)N1CCNC(=O)CC1. The molecule has 0 radical (unpaired) electrons. The van der Waals surface area contributed by atoms with Crippen LogP contribution in [-0.2, 0) is 14.8 Å². The van der Waals surface area contributed by atoms with Crippen molar-refractivity contribution in [1.29, 1.82) is 0 Å². The summed E-state index contributed by atoms with van der Waals surface area (Å²) in [6, 6.07) is 4.65. The normalized spacial score (nSPS) is 17.8. The highest BCUT2D eigenvalue weighted by atomic mass is 79.9. The maximum Gasteiger partial charge on any atom is 0.245 e. The molecule has 0 spiro atoms. The standard InChI is InChI=1S/C11H14BrN3O3S/c12-8-1-2-10(9(13)7-8)19(17,18)15-5-3-11(16)14-4-6-15/h1-2,7H,3-6,13H2,(H,14,16). The van der Waals surface area contributed by atoms with E-state index in [2.05, 4.69) is 21.2 Å². The van der Waals surface area contributed by atoms with Crippen LogP contribution < -0.4 is 11.1 Å². The van der Waals surface area contributed by atoms with Crippen molar-refractivity contribution in [3.63, 3.8) is 0 Å². The van der Waals surface area contributed by atoms with E-state index in [4.69, 9.17) is 5.73 Å². The Balaban J connectivity index is 2.33. The van der Waals surface area contributed by atoms with Crippen LogP contribution in [0, 0.1) is 0 Å². The highest BCUT2D eigenvalue weighted by Gasteiger charge is 2.28. The lowest BCUT2D eigenvalue weighted by Gasteiger charge is -2.20. The number of nitrogens with zero attached hydrogens (tertiary/aromatic N) is 1. The van der Waals surface area contributed by atoms with Gasteiger partial charge in [0.25, 0.3) is 0 Å². The molecule has 1 fully saturated rings. The number of benzene rings is 1. The maximum atomic E-state index is 12.5. The quantitative estimate of drug-likeness (QED) is 0.763. The molecule has 0 unspecified atom stereocenters. The summed E-state index contributed by atoms with van der Waals surface area (Å²) < 4.78 is 26.9. The van der Waals surface area contributed by atoms with Gasteiger partial charge in [-0.1, -0.05) is 15.9 Å². The molecule has 0 aromatic heterocycles. The first-order chi connectivity index (χ1) is 8.91. The van der Waals surface area contributed by atoms with Gasteiger partial charge in [-0.25, -0.2) is 8.42 Å². The molecule has 6 nitrogen and oxygen atoms in total. The Morgan fingerprint density at radius 2 is 2.05 bits per heavy atom.